The van der Waals surface area contributed by atoms with Crippen LogP contribution >= 0.6 is 46.6 Å². The van der Waals surface area contributed by atoms with Crippen LogP contribution in [0.25, 0.3) is 11.3 Å². The smallest absolute Gasteiger partial charge is 0.158 e. The molecule has 0 N–H and O–H groups in total. The number of rotatable bonds is 3. The highest BCUT2D eigenvalue weighted by Crippen LogP contribution is 2.25. The van der Waals surface area contributed by atoms with E-state index in [2.05, 4.69) is 32.3 Å². The van der Waals surface area contributed by atoms with Gasteiger partial charge in [0.05, 0.1) is 12.4 Å². The molecule has 4 aromatic heterocycles. The van der Waals surface area contributed by atoms with E-state index in [1.165, 1.54) is 10.1 Å². The third-order valence-electron chi connectivity index (χ3n) is 3.81. The molecule has 0 spiro atoms. The Bertz CT molecular complexity index is 1260. The van der Waals surface area contributed by atoms with E-state index in [9.17, 15) is 0 Å². The first-order valence-electron chi connectivity index (χ1n) is 8.43. The summed E-state index contributed by atoms with van der Waals surface area (Å²) in [6.45, 7) is 0. The van der Waals surface area contributed by atoms with Crippen molar-refractivity contribution in [1.82, 2.24) is 29.2 Å². The molecule has 1 aromatic carbocycles. The monoisotopic (exact) mass is 462 g/mol. The molecule has 0 aliphatic carbocycles. The highest BCUT2D eigenvalue weighted by molar-refractivity contribution is 7.98. The molecule has 0 atom stereocenters. The van der Waals surface area contributed by atoms with Crippen molar-refractivity contribution in [3.63, 3.8) is 0 Å². The van der Waals surface area contributed by atoms with Gasteiger partial charge in [-0.2, -0.15) is 10.2 Å². The van der Waals surface area contributed by atoms with Crippen LogP contribution in [0.3, 0.4) is 0 Å². The number of hydrogen-bond donors (Lipinski definition) is 0. The second-order valence-electron chi connectivity index (χ2n) is 5.80. The van der Waals surface area contributed by atoms with Gasteiger partial charge in [0.1, 0.15) is 20.5 Å². The summed E-state index contributed by atoms with van der Waals surface area (Å²) in [4.78, 5) is 8.18. The van der Waals surface area contributed by atoms with Gasteiger partial charge < -0.3 is 0 Å². The molecule has 0 saturated heterocycles. The zero-order chi connectivity index (χ0) is 20.2. The van der Waals surface area contributed by atoms with Gasteiger partial charge in [-0.15, -0.1) is 11.8 Å². The summed E-state index contributed by atoms with van der Waals surface area (Å²) in [7, 11) is 0. The fourth-order valence-electron chi connectivity index (χ4n) is 2.54. The maximum Gasteiger partial charge on any atom is 0.158 e. The normalized spacial score (nSPS) is 10.9. The van der Waals surface area contributed by atoms with Crippen molar-refractivity contribution >= 4 is 57.9 Å². The summed E-state index contributed by atoms with van der Waals surface area (Å²) >= 11 is 19.1. The Kier molecular flexibility index (Phi) is 6.20. The lowest BCUT2D eigenvalue weighted by atomic mass is 10.2. The number of aromatic nitrogens is 6. The fraction of sp³-hybridized carbons (Fsp3) is 0.0526. The van der Waals surface area contributed by atoms with Crippen molar-refractivity contribution in [3.05, 3.63) is 88.0 Å². The van der Waals surface area contributed by atoms with Crippen LogP contribution in [0, 0.1) is 0 Å². The molecule has 0 saturated carbocycles. The molecule has 0 radical (unpaired) electrons. The Labute approximate surface area is 185 Å². The number of benzene rings is 1. The summed E-state index contributed by atoms with van der Waals surface area (Å²) < 4.78 is 3.31. The molecule has 5 aromatic rings. The minimum absolute atomic E-state index is 0.378. The molecule has 4 heterocycles. The summed E-state index contributed by atoms with van der Waals surface area (Å²) in [5.74, 6) is 0.885. The van der Waals surface area contributed by atoms with Crippen LogP contribution in [-0.2, 0) is 5.75 Å². The standard InChI is InChI=1S/C13H10ClN3S.C6H3Cl2N3/c14-11-8-13(17-12(16-11)6-7-15-17)18-9-10-4-2-1-3-5-10;7-4-3-5(8)11-6(10-4)1-2-9-11/h1-8H,9H2;1-3H. The molecule has 6 nitrogen and oxygen atoms in total. The lowest BCUT2D eigenvalue weighted by Crippen LogP contribution is -1.95. The minimum Gasteiger partial charge on any atom is -0.217 e. The van der Waals surface area contributed by atoms with Crippen molar-refractivity contribution < 1.29 is 0 Å². The maximum atomic E-state index is 6.00. The van der Waals surface area contributed by atoms with Crippen molar-refractivity contribution in [2.75, 3.05) is 0 Å². The summed E-state index contributed by atoms with van der Waals surface area (Å²) in [6.07, 6.45) is 3.34. The molecule has 10 heteroatoms. The van der Waals surface area contributed by atoms with Gasteiger partial charge in [-0.05, 0) is 5.56 Å². The summed E-state index contributed by atoms with van der Waals surface area (Å²) in [5.41, 5.74) is 2.70. The Hall–Kier alpha value is -2.32. The van der Waals surface area contributed by atoms with Crippen molar-refractivity contribution in [2.45, 2.75) is 10.8 Å². The number of nitrogens with zero attached hydrogens (tertiary/aromatic N) is 6. The van der Waals surface area contributed by atoms with Crippen molar-refractivity contribution in [1.29, 1.82) is 0 Å². The molecule has 0 fully saturated rings. The van der Waals surface area contributed by atoms with E-state index in [-0.39, 0.29) is 0 Å². The number of halogens is 3. The van der Waals surface area contributed by atoms with E-state index >= 15 is 0 Å². The summed E-state index contributed by atoms with van der Waals surface area (Å²) in [5, 5.41) is 10.5. The highest BCUT2D eigenvalue weighted by Gasteiger charge is 2.06. The van der Waals surface area contributed by atoms with Gasteiger partial charge in [-0.1, -0.05) is 65.1 Å². The zero-order valence-electron chi connectivity index (χ0n) is 14.8. The van der Waals surface area contributed by atoms with Crippen molar-refractivity contribution in [3.8, 4) is 0 Å². The average Bonchev–Trinajstić information content (AvgIpc) is 3.36. The third-order valence-corrected chi connectivity index (χ3v) is 5.53. The van der Waals surface area contributed by atoms with E-state index in [1.807, 2.05) is 30.3 Å². The molecule has 0 amide bonds. The largest absolute Gasteiger partial charge is 0.217 e. The maximum absolute atomic E-state index is 6.00. The molecule has 146 valence electrons. The Morgan fingerprint density at radius 2 is 1.38 bits per heavy atom. The first-order chi connectivity index (χ1) is 14.1. The Balaban J connectivity index is 0.000000159. The quantitative estimate of drug-likeness (QED) is 0.253. The number of thioether (sulfide) groups is 1. The minimum atomic E-state index is 0.378. The van der Waals surface area contributed by atoms with Crippen LogP contribution in [0.15, 0.2) is 72.0 Å². The number of fused-ring (bicyclic) bond motifs is 2. The lowest BCUT2D eigenvalue weighted by Gasteiger charge is -2.05. The fourth-order valence-corrected chi connectivity index (χ4v) is 4.24. The van der Waals surface area contributed by atoms with E-state index in [4.69, 9.17) is 34.8 Å². The lowest BCUT2D eigenvalue weighted by molar-refractivity contribution is 0.843. The van der Waals surface area contributed by atoms with Crippen LogP contribution in [0.4, 0.5) is 0 Å². The van der Waals surface area contributed by atoms with E-state index in [1.54, 1.807) is 40.8 Å². The van der Waals surface area contributed by atoms with Gasteiger partial charge in [-0.25, -0.2) is 19.0 Å². The second kappa shape index (κ2) is 9.00. The highest BCUT2D eigenvalue weighted by atomic mass is 35.5. The van der Waals surface area contributed by atoms with Crippen LogP contribution in [0.1, 0.15) is 5.56 Å². The topological polar surface area (TPSA) is 60.4 Å². The van der Waals surface area contributed by atoms with Gasteiger partial charge in [0.2, 0.25) is 0 Å². The first kappa shape index (κ1) is 20.0. The number of hydrogen-bond acceptors (Lipinski definition) is 5. The van der Waals surface area contributed by atoms with E-state index in [0.717, 1.165) is 16.4 Å². The Morgan fingerprint density at radius 3 is 2.10 bits per heavy atom. The van der Waals surface area contributed by atoms with Gasteiger partial charge in [0, 0.05) is 30.0 Å². The summed E-state index contributed by atoms with van der Waals surface area (Å²) in [6, 6.07) is 17.3. The zero-order valence-corrected chi connectivity index (χ0v) is 17.9. The van der Waals surface area contributed by atoms with Crippen LogP contribution in [-0.4, -0.2) is 29.2 Å². The van der Waals surface area contributed by atoms with Crippen molar-refractivity contribution in [2.24, 2.45) is 0 Å². The molecule has 5 rings (SSSR count). The van der Waals surface area contributed by atoms with E-state index < -0.39 is 0 Å². The Morgan fingerprint density at radius 1 is 0.759 bits per heavy atom. The molecule has 29 heavy (non-hydrogen) atoms. The van der Waals surface area contributed by atoms with Crippen LogP contribution in [0.2, 0.25) is 15.5 Å². The molecule has 0 aliphatic heterocycles. The molecule has 0 bridgehead atoms. The van der Waals surface area contributed by atoms with Gasteiger partial charge in [0.15, 0.2) is 11.3 Å². The molecule has 0 unspecified atom stereocenters. The van der Waals surface area contributed by atoms with Gasteiger partial charge in [0.25, 0.3) is 0 Å². The van der Waals surface area contributed by atoms with Gasteiger partial charge in [-0.3, -0.25) is 0 Å². The van der Waals surface area contributed by atoms with Crippen LogP contribution in [0.5, 0.6) is 0 Å². The first-order valence-corrected chi connectivity index (χ1v) is 10.5. The third kappa shape index (κ3) is 4.82. The van der Waals surface area contributed by atoms with E-state index in [0.29, 0.717) is 21.1 Å². The predicted molar refractivity (Wildman–Crippen MR) is 117 cm³/mol. The SMILES string of the molecule is Clc1cc(Cl)n2nccc2n1.Clc1cc(SCc2ccccc2)n2nccc2n1. The molecular weight excluding hydrogens is 451 g/mol. The van der Waals surface area contributed by atoms with Crippen LogP contribution < -0.4 is 0 Å². The molecular formula is C19H13Cl3N6S. The van der Waals surface area contributed by atoms with Gasteiger partial charge >= 0.3 is 0 Å². The molecule has 0 aliphatic rings. The average molecular weight is 464 g/mol. The second-order valence-corrected chi connectivity index (χ2v) is 7.95. The predicted octanol–water partition coefficient (Wildman–Crippen LogP) is 5.71.